The van der Waals surface area contributed by atoms with Crippen LogP contribution in [0, 0.1) is 6.92 Å². The first kappa shape index (κ1) is 13.1. The minimum atomic E-state index is 0.641. The molecule has 0 N–H and O–H groups in total. The SMILES string of the molecule is Cc1c(-c2ccccc2)nc2ccc(N3C[C@H]4C3CN4C)nn12. The van der Waals surface area contributed by atoms with Crippen molar-refractivity contribution >= 4 is 11.5 Å². The predicted molar refractivity (Wildman–Crippen MR) is 90.7 cm³/mol. The summed E-state index contributed by atoms with van der Waals surface area (Å²) in [6.07, 6.45) is 0. The summed E-state index contributed by atoms with van der Waals surface area (Å²) in [4.78, 5) is 9.58. The van der Waals surface area contributed by atoms with Crippen molar-refractivity contribution in [1.82, 2.24) is 19.5 Å². The van der Waals surface area contributed by atoms with Gasteiger partial charge < -0.3 is 4.90 Å². The van der Waals surface area contributed by atoms with E-state index >= 15 is 0 Å². The molecule has 5 heteroatoms. The summed E-state index contributed by atoms with van der Waals surface area (Å²) in [6, 6.07) is 15.9. The Morgan fingerprint density at radius 2 is 1.83 bits per heavy atom. The summed E-state index contributed by atoms with van der Waals surface area (Å²) in [7, 11) is 2.20. The molecule has 2 atom stereocenters. The van der Waals surface area contributed by atoms with Gasteiger partial charge in [-0.3, -0.25) is 4.90 Å². The van der Waals surface area contributed by atoms with Gasteiger partial charge in [-0.1, -0.05) is 30.3 Å². The number of fused-ring (bicyclic) bond motifs is 2. The topological polar surface area (TPSA) is 36.7 Å². The highest BCUT2D eigenvalue weighted by molar-refractivity contribution is 5.66. The number of hydrogen-bond donors (Lipinski definition) is 0. The van der Waals surface area contributed by atoms with Crippen LogP contribution < -0.4 is 4.90 Å². The average Bonchev–Trinajstić information content (AvgIpc) is 2.90. The molecule has 0 spiro atoms. The van der Waals surface area contributed by atoms with Crippen LogP contribution in [-0.2, 0) is 0 Å². The Bertz CT molecular complexity index is 885. The fourth-order valence-electron chi connectivity index (χ4n) is 3.79. The average molecular weight is 305 g/mol. The van der Waals surface area contributed by atoms with Crippen molar-refractivity contribution in [3.05, 3.63) is 48.2 Å². The lowest BCUT2D eigenvalue weighted by Crippen LogP contribution is -2.78. The van der Waals surface area contributed by atoms with Gasteiger partial charge in [-0.15, -0.1) is 5.10 Å². The Morgan fingerprint density at radius 1 is 1.00 bits per heavy atom. The molecule has 1 unspecified atom stereocenters. The number of benzene rings is 1. The van der Waals surface area contributed by atoms with E-state index in [2.05, 4.69) is 48.0 Å². The van der Waals surface area contributed by atoms with E-state index < -0.39 is 0 Å². The second kappa shape index (κ2) is 4.55. The smallest absolute Gasteiger partial charge is 0.154 e. The fraction of sp³-hybridized carbons (Fsp3) is 0.333. The molecule has 116 valence electrons. The number of nitrogens with zero attached hydrogens (tertiary/aromatic N) is 5. The van der Waals surface area contributed by atoms with Crippen LogP contribution in [0.15, 0.2) is 42.5 Å². The van der Waals surface area contributed by atoms with Crippen LogP contribution >= 0.6 is 0 Å². The summed E-state index contributed by atoms with van der Waals surface area (Å²) in [5, 5.41) is 4.85. The number of aryl methyl sites for hydroxylation is 1. The van der Waals surface area contributed by atoms with Crippen molar-refractivity contribution in [1.29, 1.82) is 0 Å². The third-order valence-corrected chi connectivity index (χ3v) is 5.30. The zero-order chi connectivity index (χ0) is 15.6. The van der Waals surface area contributed by atoms with Crippen LogP contribution in [0.4, 0.5) is 5.82 Å². The van der Waals surface area contributed by atoms with Crippen LogP contribution in [0.5, 0.6) is 0 Å². The molecule has 2 aliphatic rings. The Kier molecular flexibility index (Phi) is 2.59. The second-order valence-corrected chi connectivity index (χ2v) is 6.60. The number of rotatable bonds is 2. The van der Waals surface area contributed by atoms with Crippen molar-refractivity contribution in [2.45, 2.75) is 19.0 Å². The lowest BCUT2D eigenvalue weighted by molar-refractivity contribution is 0.0360. The number of piperazine rings is 1. The van der Waals surface area contributed by atoms with Crippen molar-refractivity contribution in [2.24, 2.45) is 0 Å². The number of hydrogen-bond acceptors (Lipinski definition) is 4. The first-order valence-electron chi connectivity index (χ1n) is 8.11. The zero-order valence-corrected chi connectivity index (χ0v) is 13.3. The molecule has 4 heterocycles. The standard InChI is InChI=1S/C18H19N5/c1-12-18(13-6-4-3-5-7-13)19-16-8-9-17(20-23(12)16)22-11-14-15(22)10-21(14)2/h3-9,14-15H,10-11H2,1-2H3/t14-,15?/m0/s1. The molecule has 2 saturated heterocycles. The maximum atomic E-state index is 4.85. The van der Waals surface area contributed by atoms with Crippen LogP contribution in [-0.4, -0.2) is 51.7 Å². The lowest BCUT2D eigenvalue weighted by atomic mass is 9.86. The van der Waals surface area contributed by atoms with Gasteiger partial charge in [0.05, 0.1) is 17.4 Å². The number of likely N-dealkylation sites (N-methyl/N-ethyl adjacent to an activating group) is 1. The zero-order valence-electron chi connectivity index (χ0n) is 13.3. The molecule has 0 aliphatic carbocycles. The summed E-state index contributed by atoms with van der Waals surface area (Å²) in [6.45, 7) is 4.32. The van der Waals surface area contributed by atoms with E-state index in [1.165, 1.54) is 0 Å². The summed E-state index contributed by atoms with van der Waals surface area (Å²) < 4.78 is 1.98. The van der Waals surface area contributed by atoms with Gasteiger partial charge in [0, 0.05) is 24.7 Å². The third kappa shape index (κ3) is 1.77. The molecule has 0 radical (unpaired) electrons. The molecule has 2 aromatic heterocycles. The summed E-state index contributed by atoms with van der Waals surface area (Å²) in [5.74, 6) is 1.06. The van der Waals surface area contributed by atoms with E-state index in [9.17, 15) is 0 Å². The molecule has 5 nitrogen and oxygen atoms in total. The molecular weight excluding hydrogens is 286 g/mol. The molecule has 2 fully saturated rings. The normalized spacial score (nSPS) is 23.5. The monoisotopic (exact) mass is 305 g/mol. The van der Waals surface area contributed by atoms with Crippen molar-refractivity contribution < 1.29 is 0 Å². The number of imidazole rings is 1. The van der Waals surface area contributed by atoms with Gasteiger partial charge in [0.25, 0.3) is 0 Å². The van der Waals surface area contributed by atoms with E-state index in [0.717, 1.165) is 47.5 Å². The minimum Gasteiger partial charge on any atom is -0.348 e. The molecule has 2 aliphatic heterocycles. The van der Waals surface area contributed by atoms with Crippen LogP contribution in [0.1, 0.15) is 5.69 Å². The Balaban J connectivity index is 1.55. The van der Waals surface area contributed by atoms with Gasteiger partial charge in [-0.25, -0.2) is 9.50 Å². The van der Waals surface area contributed by atoms with E-state index in [4.69, 9.17) is 10.1 Å². The molecule has 23 heavy (non-hydrogen) atoms. The highest BCUT2D eigenvalue weighted by Crippen LogP contribution is 2.35. The van der Waals surface area contributed by atoms with Gasteiger partial charge >= 0.3 is 0 Å². The van der Waals surface area contributed by atoms with E-state index in [-0.39, 0.29) is 0 Å². The first-order chi connectivity index (χ1) is 11.2. The maximum Gasteiger partial charge on any atom is 0.154 e. The van der Waals surface area contributed by atoms with Crippen LogP contribution in [0.3, 0.4) is 0 Å². The third-order valence-electron chi connectivity index (χ3n) is 5.30. The number of aromatic nitrogens is 3. The largest absolute Gasteiger partial charge is 0.348 e. The van der Waals surface area contributed by atoms with Gasteiger partial charge in [-0.2, -0.15) is 0 Å². The van der Waals surface area contributed by atoms with Gasteiger partial charge in [-0.05, 0) is 26.1 Å². The van der Waals surface area contributed by atoms with Gasteiger partial charge in [0.1, 0.15) is 5.82 Å². The van der Waals surface area contributed by atoms with Gasteiger partial charge in [0.2, 0.25) is 0 Å². The Labute approximate surface area is 135 Å². The minimum absolute atomic E-state index is 0.641. The van der Waals surface area contributed by atoms with Crippen molar-refractivity contribution in [2.75, 3.05) is 25.0 Å². The van der Waals surface area contributed by atoms with Gasteiger partial charge in [0.15, 0.2) is 5.65 Å². The molecule has 1 aromatic carbocycles. The second-order valence-electron chi connectivity index (χ2n) is 6.60. The molecule has 0 amide bonds. The van der Waals surface area contributed by atoms with E-state index in [1.807, 2.05) is 22.7 Å². The quantitative estimate of drug-likeness (QED) is 0.727. The molecule has 5 rings (SSSR count). The first-order valence-corrected chi connectivity index (χ1v) is 8.11. The molecular formula is C18H19N5. The lowest BCUT2D eigenvalue weighted by Gasteiger charge is -2.61. The molecule has 0 bridgehead atoms. The highest BCUT2D eigenvalue weighted by Gasteiger charge is 2.50. The Morgan fingerprint density at radius 3 is 2.52 bits per heavy atom. The maximum absolute atomic E-state index is 4.85. The predicted octanol–water partition coefficient (Wildman–Crippen LogP) is 2.21. The number of anilines is 1. The summed E-state index contributed by atoms with van der Waals surface area (Å²) >= 11 is 0. The molecule has 3 aromatic rings. The highest BCUT2D eigenvalue weighted by atomic mass is 15.5. The van der Waals surface area contributed by atoms with Crippen molar-refractivity contribution in [3.8, 4) is 11.3 Å². The van der Waals surface area contributed by atoms with Crippen molar-refractivity contribution in [3.63, 3.8) is 0 Å². The fourth-order valence-corrected chi connectivity index (χ4v) is 3.79. The van der Waals surface area contributed by atoms with E-state index in [1.54, 1.807) is 0 Å². The molecule has 0 saturated carbocycles. The number of likely N-dealkylation sites (tertiary alicyclic amines) is 1. The summed E-state index contributed by atoms with van der Waals surface area (Å²) in [5.41, 5.74) is 4.16. The van der Waals surface area contributed by atoms with Crippen LogP contribution in [0.25, 0.3) is 16.9 Å². The van der Waals surface area contributed by atoms with Crippen LogP contribution in [0.2, 0.25) is 0 Å². The Hall–Kier alpha value is -2.40. The van der Waals surface area contributed by atoms with E-state index in [0.29, 0.717) is 6.04 Å².